The van der Waals surface area contributed by atoms with Gasteiger partial charge in [0.05, 0.1) is 96.0 Å². The van der Waals surface area contributed by atoms with Gasteiger partial charge < -0.3 is 17.7 Å². The Morgan fingerprint density at radius 3 is 1.00 bits per heavy atom. The quantitative estimate of drug-likeness (QED) is 0.154. The summed E-state index contributed by atoms with van der Waals surface area (Å²) in [5, 5.41) is 11.3. The monoisotopic (exact) mass is 1360 g/mol. The fourth-order valence-electron chi connectivity index (χ4n) is 14.8. The third-order valence-electron chi connectivity index (χ3n) is 19.3. The number of aromatic nitrogens is 12. The van der Waals surface area contributed by atoms with Crippen LogP contribution in [0.3, 0.4) is 0 Å². The van der Waals surface area contributed by atoms with Crippen molar-refractivity contribution in [3.05, 3.63) is 242 Å². The molecule has 0 unspecified atom stereocenters. The number of rotatable bonds is 6. The van der Waals surface area contributed by atoms with Crippen LogP contribution >= 0.6 is 45.3 Å². The normalized spacial score (nSPS) is 12.4. The molecule has 0 N–H and O–H groups in total. The van der Waals surface area contributed by atoms with E-state index in [9.17, 15) is 0 Å². The molecule has 0 aliphatic rings. The van der Waals surface area contributed by atoms with Gasteiger partial charge in [-0.2, -0.15) is 0 Å². The Bertz CT molecular complexity index is 6520. The third kappa shape index (κ3) is 7.99. The summed E-state index contributed by atoms with van der Waals surface area (Å²) < 4.78 is 37.5. The molecule has 0 bridgehead atoms. The second kappa shape index (κ2) is 20.4. The van der Waals surface area contributed by atoms with E-state index in [1.54, 1.807) is 45.3 Å². The number of benzene rings is 12. The number of oxazole rings is 4. The summed E-state index contributed by atoms with van der Waals surface area (Å²) in [6.45, 7) is 0. The molecule has 0 aliphatic heterocycles. The zero-order chi connectivity index (χ0) is 65.0. The summed E-state index contributed by atoms with van der Waals surface area (Å²) in [4.78, 5) is 37.3. The highest BCUT2D eigenvalue weighted by atomic mass is 32.1. The highest BCUT2D eigenvalue weighted by molar-refractivity contribution is 7.22. The summed E-state index contributed by atoms with van der Waals surface area (Å²) in [6, 6.07) is 76.8. The number of nitrogens with zero attached hydrogens (tertiary/aromatic N) is 12. The van der Waals surface area contributed by atoms with Gasteiger partial charge in [-0.15, -0.1) is 45.3 Å². The molecule has 24 rings (SSSR count). The summed E-state index contributed by atoms with van der Waals surface area (Å²) in [7, 11) is 0. The van der Waals surface area contributed by atoms with E-state index >= 15 is 0 Å². The largest absolute Gasteiger partial charge is 0.443 e. The molecule has 16 nitrogen and oxygen atoms in total. The van der Waals surface area contributed by atoms with E-state index in [2.05, 4.69) is 233 Å². The lowest BCUT2D eigenvalue weighted by molar-refractivity contribution is 0.602. The van der Waals surface area contributed by atoms with Crippen molar-refractivity contribution in [1.29, 1.82) is 0 Å². The van der Waals surface area contributed by atoms with E-state index in [0.717, 1.165) is 151 Å². The van der Waals surface area contributed by atoms with E-state index in [0.29, 0.717) is 34.1 Å². The smallest absolute Gasteiger partial charge is 0.227 e. The highest BCUT2D eigenvalue weighted by Crippen LogP contribution is 2.44. The Morgan fingerprint density at radius 1 is 0.260 bits per heavy atom. The summed E-state index contributed by atoms with van der Waals surface area (Å²) in [5.74, 6) is 1.08. The van der Waals surface area contributed by atoms with Crippen LogP contribution in [0.1, 0.15) is 0 Å². The Labute approximate surface area is 576 Å². The molecule has 0 atom stereocenters. The number of hydrogen-bond acceptors (Lipinski definition) is 16. The standard InChI is InChI=1S/C40H20N6O4.C40H20N6S4/c2*1-3-7-31-23(5-1)25-13-21(39-43-29-17-35-27(41-19-47-35)15-37(29)49-39)9-11-33(25)45(31)46-32-8-4-2-6-24(32)26-14-22(10-12-34(26)46)40-44-30-18-36-28(42-20-48-36)16-38(30)50-40/h2*1-20H. The second-order valence-electron chi connectivity index (χ2n) is 24.9. The minimum atomic E-state index is 0.542. The molecule has 100 heavy (non-hydrogen) atoms. The first-order chi connectivity index (χ1) is 49.5. The Kier molecular flexibility index (Phi) is 11.1. The van der Waals surface area contributed by atoms with E-state index in [1.807, 2.05) is 35.3 Å². The van der Waals surface area contributed by atoms with Gasteiger partial charge in [0, 0.05) is 89.6 Å². The van der Waals surface area contributed by atoms with Crippen LogP contribution in [0.2, 0.25) is 0 Å². The van der Waals surface area contributed by atoms with E-state index in [-0.39, 0.29) is 0 Å². The SMILES string of the molecule is c1ccc2c(c1)c1cc(-c3nc4cc5ocnc5cc4o3)ccc1n2-n1c2ccccc2c2cc(-c3nc4cc5ocnc5cc4o3)ccc21.c1ccc2c(c1)c1cc(-c3nc4cc5scnc5cc4s3)ccc1n2-n1c2ccccc2c2cc(-c3nc4cc5scnc5cc4s3)ccc21. The average molecular weight is 1360 g/mol. The first-order valence-electron chi connectivity index (χ1n) is 32.2. The van der Waals surface area contributed by atoms with Crippen molar-refractivity contribution in [2.24, 2.45) is 0 Å². The van der Waals surface area contributed by atoms with E-state index < -0.39 is 0 Å². The van der Waals surface area contributed by atoms with Crippen molar-refractivity contribution in [2.75, 3.05) is 0 Å². The predicted octanol–water partition coefficient (Wildman–Crippen LogP) is 22.1. The molecule has 0 fully saturated rings. The van der Waals surface area contributed by atoms with Crippen molar-refractivity contribution in [3.8, 4) is 44.1 Å². The third-order valence-corrected chi connectivity index (χ3v) is 23.1. The van der Waals surface area contributed by atoms with Gasteiger partial charge in [-0.1, -0.05) is 72.8 Å². The number of para-hydroxylation sites is 4. The molecule has 0 aliphatic carbocycles. The molecule has 24 aromatic rings. The topological polar surface area (TPSA) is 175 Å². The summed E-state index contributed by atoms with van der Waals surface area (Å²) in [5.41, 5.74) is 26.4. The lowest BCUT2D eigenvalue weighted by Gasteiger charge is -2.13. The van der Waals surface area contributed by atoms with E-state index in [1.165, 1.54) is 43.7 Å². The fraction of sp³-hybridized carbons (Fsp3) is 0. The second-order valence-corrected chi connectivity index (χ2v) is 28.7. The molecule has 0 saturated heterocycles. The zero-order valence-electron chi connectivity index (χ0n) is 51.7. The van der Waals surface area contributed by atoms with Crippen LogP contribution in [0.15, 0.2) is 260 Å². The van der Waals surface area contributed by atoms with Crippen LogP contribution in [0.5, 0.6) is 0 Å². The molecular weight excluding hydrogens is 1320 g/mol. The maximum atomic E-state index is 6.24. The first-order valence-corrected chi connectivity index (χ1v) is 35.6. The molecular formula is C80H40N12O4S4. The van der Waals surface area contributed by atoms with Crippen molar-refractivity contribution >= 4 is 218 Å². The maximum absolute atomic E-state index is 6.24. The Hall–Kier alpha value is -12.7. The molecule has 468 valence electrons. The lowest BCUT2D eigenvalue weighted by Crippen LogP contribution is -2.08. The van der Waals surface area contributed by atoms with Gasteiger partial charge in [0.1, 0.15) is 32.1 Å². The maximum Gasteiger partial charge on any atom is 0.227 e. The molecule has 0 saturated carbocycles. The first kappa shape index (κ1) is 54.4. The molecule has 20 heteroatoms. The number of hydrogen-bond donors (Lipinski definition) is 0. The molecule has 0 radical (unpaired) electrons. The van der Waals surface area contributed by atoms with Crippen LogP contribution in [-0.2, 0) is 0 Å². The van der Waals surface area contributed by atoms with Gasteiger partial charge in [0.15, 0.2) is 35.1 Å². The zero-order valence-corrected chi connectivity index (χ0v) is 55.0. The highest BCUT2D eigenvalue weighted by Gasteiger charge is 2.24. The molecule has 0 amide bonds. The van der Waals surface area contributed by atoms with E-state index in [4.69, 9.17) is 37.6 Å². The van der Waals surface area contributed by atoms with Crippen molar-refractivity contribution in [2.45, 2.75) is 0 Å². The van der Waals surface area contributed by atoms with Gasteiger partial charge in [0.2, 0.25) is 11.8 Å². The molecule has 12 aromatic carbocycles. The van der Waals surface area contributed by atoms with Crippen molar-refractivity contribution in [3.63, 3.8) is 0 Å². The van der Waals surface area contributed by atoms with Gasteiger partial charge in [0.25, 0.3) is 0 Å². The van der Waals surface area contributed by atoms with Crippen LogP contribution in [0, 0.1) is 0 Å². The van der Waals surface area contributed by atoms with Gasteiger partial charge >= 0.3 is 0 Å². The van der Waals surface area contributed by atoms with Crippen LogP contribution in [-0.4, -0.2) is 58.6 Å². The van der Waals surface area contributed by atoms with Crippen LogP contribution in [0.25, 0.3) is 217 Å². The Morgan fingerprint density at radius 2 is 0.600 bits per heavy atom. The predicted molar refractivity (Wildman–Crippen MR) is 404 cm³/mol. The molecule has 12 heterocycles. The van der Waals surface area contributed by atoms with Gasteiger partial charge in [-0.3, -0.25) is 0 Å². The number of fused-ring (bicyclic) bond motifs is 20. The number of thiazole rings is 4. The lowest BCUT2D eigenvalue weighted by atomic mass is 10.1. The average Bonchev–Trinajstić information content (AvgIpc) is 1.56. The Balaban J connectivity index is 0.000000124. The van der Waals surface area contributed by atoms with Crippen LogP contribution in [0.4, 0.5) is 0 Å². The molecule has 12 aromatic heterocycles. The minimum absolute atomic E-state index is 0.542. The van der Waals surface area contributed by atoms with Gasteiger partial charge in [-0.25, -0.2) is 58.6 Å². The fourth-order valence-corrected chi connectivity index (χ4v) is 18.2. The molecule has 0 spiro atoms. The summed E-state index contributed by atoms with van der Waals surface area (Å²) in [6.07, 6.45) is 2.86. The van der Waals surface area contributed by atoms with Gasteiger partial charge in [-0.05, 0) is 121 Å². The van der Waals surface area contributed by atoms with Crippen molar-refractivity contribution in [1.82, 2.24) is 58.6 Å². The van der Waals surface area contributed by atoms with Crippen molar-refractivity contribution < 1.29 is 17.7 Å². The van der Waals surface area contributed by atoms with Crippen LogP contribution < -0.4 is 0 Å². The minimum Gasteiger partial charge on any atom is -0.443 e. The summed E-state index contributed by atoms with van der Waals surface area (Å²) >= 11 is 6.77.